The summed E-state index contributed by atoms with van der Waals surface area (Å²) in [5.74, 6) is 0.689. The maximum Gasteiger partial charge on any atom is 0.151 e. The van der Waals surface area contributed by atoms with Gasteiger partial charge in [0.2, 0.25) is 0 Å². The van der Waals surface area contributed by atoms with Crippen LogP contribution in [0.4, 0.5) is 0 Å². The number of rotatable bonds is 3. The predicted octanol–water partition coefficient (Wildman–Crippen LogP) is 3.81. The van der Waals surface area contributed by atoms with Crippen molar-refractivity contribution in [3.05, 3.63) is 54.6 Å². The normalized spacial score (nSPS) is 14.6. The van der Waals surface area contributed by atoms with Crippen LogP contribution in [0.25, 0.3) is 0 Å². The lowest BCUT2D eigenvalue weighted by molar-refractivity contribution is 0.417. The van der Waals surface area contributed by atoms with E-state index in [1.54, 1.807) is 7.11 Å². The number of benzene rings is 2. The van der Waals surface area contributed by atoms with E-state index in [2.05, 4.69) is 0 Å². The first-order valence-corrected chi connectivity index (χ1v) is 8.41. The predicted molar refractivity (Wildman–Crippen MR) is 86.1 cm³/mol. The molecule has 0 aliphatic heterocycles. The van der Waals surface area contributed by atoms with Crippen LogP contribution in [0.1, 0.15) is 20.8 Å². The van der Waals surface area contributed by atoms with E-state index in [1.807, 2.05) is 75.4 Å². The third-order valence-corrected chi connectivity index (χ3v) is 7.45. The fraction of sp³-hybridized carbons (Fsp3) is 0.294. The number of ether oxygens (including phenoxy) is 1. The maximum atomic E-state index is 13.9. The summed E-state index contributed by atoms with van der Waals surface area (Å²) in [6, 6.07) is 17.3. The summed E-state index contributed by atoms with van der Waals surface area (Å²) >= 11 is 0. The molecule has 0 aliphatic carbocycles. The zero-order valence-electron chi connectivity index (χ0n) is 12.5. The second-order valence-corrected chi connectivity index (χ2v) is 9.35. The quantitative estimate of drug-likeness (QED) is 0.803. The molecule has 0 bridgehead atoms. The van der Waals surface area contributed by atoms with Crippen molar-refractivity contribution in [3.8, 4) is 5.75 Å². The first kappa shape index (κ1) is 14.9. The lowest BCUT2D eigenvalue weighted by Crippen LogP contribution is -2.31. The van der Waals surface area contributed by atoms with Gasteiger partial charge in [-0.1, -0.05) is 63.2 Å². The monoisotopic (exact) mass is 288 g/mol. The largest absolute Gasteiger partial charge is 0.496 e. The average Bonchev–Trinajstić information content (AvgIpc) is 2.46. The van der Waals surface area contributed by atoms with Crippen LogP contribution in [0.15, 0.2) is 54.6 Å². The molecule has 0 spiro atoms. The summed E-state index contributed by atoms with van der Waals surface area (Å²) in [6.45, 7) is 6.06. The van der Waals surface area contributed by atoms with Crippen LogP contribution in [-0.4, -0.2) is 12.3 Å². The first-order chi connectivity index (χ1) is 9.41. The highest BCUT2D eigenvalue weighted by molar-refractivity contribution is 7.80. The van der Waals surface area contributed by atoms with E-state index in [9.17, 15) is 4.57 Å². The van der Waals surface area contributed by atoms with Crippen molar-refractivity contribution >= 4 is 17.8 Å². The molecule has 20 heavy (non-hydrogen) atoms. The van der Waals surface area contributed by atoms with Crippen LogP contribution in [-0.2, 0) is 4.57 Å². The SMILES string of the molecule is COc1ccccc1[P@@](=O)(c1ccccc1)C(C)(C)C. The Morgan fingerprint density at radius 3 is 2.00 bits per heavy atom. The van der Waals surface area contributed by atoms with Crippen LogP contribution in [0.5, 0.6) is 5.75 Å². The molecule has 1 atom stereocenters. The summed E-state index contributed by atoms with van der Waals surface area (Å²) in [5.41, 5.74) is 0. The van der Waals surface area contributed by atoms with Gasteiger partial charge in [0.1, 0.15) is 5.75 Å². The Balaban J connectivity index is 2.76. The number of hydrogen-bond donors (Lipinski definition) is 0. The minimum Gasteiger partial charge on any atom is -0.496 e. The minimum absolute atomic E-state index is 0.372. The van der Waals surface area contributed by atoms with Gasteiger partial charge >= 0.3 is 0 Å². The molecule has 0 aromatic heterocycles. The fourth-order valence-electron chi connectivity index (χ4n) is 2.42. The summed E-state index contributed by atoms with van der Waals surface area (Å²) in [5, 5.41) is 1.29. The van der Waals surface area contributed by atoms with Gasteiger partial charge in [0.25, 0.3) is 0 Å². The second kappa shape index (κ2) is 5.46. The molecule has 0 N–H and O–H groups in total. The standard InChI is InChI=1S/C17H21O2P/c1-17(2,3)20(18,14-10-6-5-7-11-14)16-13-9-8-12-15(16)19-4/h5-13H,1-4H3/t20-/m0/s1. The topological polar surface area (TPSA) is 26.3 Å². The van der Waals surface area contributed by atoms with Crippen molar-refractivity contribution in [2.75, 3.05) is 7.11 Å². The Hall–Kier alpha value is -1.53. The van der Waals surface area contributed by atoms with E-state index in [0.717, 1.165) is 10.6 Å². The molecule has 0 radical (unpaired) electrons. The van der Waals surface area contributed by atoms with E-state index >= 15 is 0 Å². The third kappa shape index (κ3) is 2.41. The van der Waals surface area contributed by atoms with Crippen molar-refractivity contribution in [2.24, 2.45) is 0 Å². The summed E-state index contributed by atoms with van der Waals surface area (Å²) in [6.07, 6.45) is 0. The van der Waals surface area contributed by atoms with Gasteiger partial charge in [-0.2, -0.15) is 0 Å². The zero-order valence-corrected chi connectivity index (χ0v) is 13.4. The number of methoxy groups -OCH3 is 1. The van der Waals surface area contributed by atoms with Gasteiger partial charge in [-0.25, -0.2) is 0 Å². The van der Waals surface area contributed by atoms with E-state index in [-0.39, 0.29) is 5.16 Å². The van der Waals surface area contributed by atoms with Gasteiger partial charge in [0.15, 0.2) is 7.14 Å². The van der Waals surface area contributed by atoms with Crippen LogP contribution in [0.3, 0.4) is 0 Å². The third-order valence-electron chi connectivity index (χ3n) is 3.49. The highest BCUT2D eigenvalue weighted by Gasteiger charge is 2.41. The Morgan fingerprint density at radius 1 is 0.900 bits per heavy atom. The van der Waals surface area contributed by atoms with Gasteiger partial charge < -0.3 is 9.30 Å². The molecule has 0 aliphatic rings. The average molecular weight is 288 g/mol. The highest BCUT2D eigenvalue weighted by atomic mass is 31.2. The molecule has 2 aromatic rings. The van der Waals surface area contributed by atoms with E-state index in [4.69, 9.17) is 4.74 Å². The minimum atomic E-state index is -2.79. The summed E-state index contributed by atoms with van der Waals surface area (Å²) in [7, 11) is -1.17. The molecule has 2 rings (SSSR count). The number of hydrogen-bond acceptors (Lipinski definition) is 2. The van der Waals surface area contributed by atoms with Crippen molar-refractivity contribution in [2.45, 2.75) is 25.9 Å². The molecular formula is C17H21O2P. The van der Waals surface area contributed by atoms with Crippen molar-refractivity contribution in [1.82, 2.24) is 0 Å². The van der Waals surface area contributed by atoms with Crippen LogP contribution >= 0.6 is 7.14 Å². The van der Waals surface area contributed by atoms with E-state index < -0.39 is 7.14 Å². The van der Waals surface area contributed by atoms with E-state index in [1.165, 1.54) is 0 Å². The van der Waals surface area contributed by atoms with Crippen molar-refractivity contribution in [1.29, 1.82) is 0 Å². The van der Waals surface area contributed by atoms with Gasteiger partial charge in [-0.3, -0.25) is 0 Å². The Kier molecular flexibility index (Phi) is 4.06. The smallest absolute Gasteiger partial charge is 0.151 e. The fourth-order valence-corrected chi connectivity index (χ4v) is 5.56. The number of para-hydroxylation sites is 1. The molecule has 0 saturated carbocycles. The van der Waals surface area contributed by atoms with Gasteiger partial charge in [-0.05, 0) is 12.1 Å². The summed E-state index contributed by atoms with van der Waals surface area (Å²) < 4.78 is 19.4. The lowest BCUT2D eigenvalue weighted by atomic mass is 10.2. The molecule has 2 nitrogen and oxygen atoms in total. The molecule has 0 unspecified atom stereocenters. The maximum absolute atomic E-state index is 13.9. The Morgan fingerprint density at radius 2 is 1.45 bits per heavy atom. The second-order valence-electron chi connectivity index (χ2n) is 5.79. The molecule has 0 saturated heterocycles. The van der Waals surface area contributed by atoms with Crippen molar-refractivity contribution < 1.29 is 9.30 Å². The lowest BCUT2D eigenvalue weighted by Gasteiger charge is -2.33. The Bertz CT molecular complexity index is 627. The van der Waals surface area contributed by atoms with Crippen LogP contribution < -0.4 is 15.3 Å². The van der Waals surface area contributed by atoms with E-state index in [0.29, 0.717) is 5.75 Å². The molecule has 2 aromatic carbocycles. The summed E-state index contributed by atoms with van der Waals surface area (Å²) in [4.78, 5) is 0. The molecule has 0 heterocycles. The molecule has 0 amide bonds. The van der Waals surface area contributed by atoms with Crippen molar-refractivity contribution in [3.63, 3.8) is 0 Å². The molecule has 0 fully saturated rings. The highest BCUT2D eigenvalue weighted by Crippen LogP contribution is 2.57. The molecule has 3 heteroatoms. The van der Waals surface area contributed by atoms with Crippen LogP contribution in [0, 0.1) is 0 Å². The molecule has 106 valence electrons. The zero-order chi connectivity index (χ0) is 14.8. The van der Waals surface area contributed by atoms with Crippen LogP contribution in [0.2, 0.25) is 0 Å². The van der Waals surface area contributed by atoms with Gasteiger partial charge in [-0.15, -0.1) is 0 Å². The first-order valence-electron chi connectivity index (χ1n) is 6.70. The molecular weight excluding hydrogens is 267 g/mol. The van der Waals surface area contributed by atoms with Gasteiger partial charge in [0.05, 0.1) is 12.4 Å². The van der Waals surface area contributed by atoms with Gasteiger partial charge in [0, 0.05) is 10.5 Å². The Labute approximate surface area is 121 Å².